The van der Waals surface area contributed by atoms with Gasteiger partial charge < -0.3 is 5.11 Å². The molecule has 5 heteroatoms. The fourth-order valence-electron chi connectivity index (χ4n) is 3.55. The fraction of sp³-hybridized carbons (Fsp3) is 0.857. The molecule has 0 radical (unpaired) electrons. The summed E-state index contributed by atoms with van der Waals surface area (Å²) in [6, 6.07) is 0.392. The van der Waals surface area contributed by atoms with Crippen LogP contribution in [0.1, 0.15) is 56.1 Å². The molecule has 1 aliphatic carbocycles. The maximum absolute atomic E-state index is 10.1. The van der Waals surface area contributed by atoms with Gasteiger partial charge in [0.05, 0.1) is 6.10 Å². The van der Waals surface area contributed by atoms with Gasteiger partial charge in [0.25, 0.3) is 0 Å². The number of piperidine rings is 1. The first-order chi connectivity index (χ1) is 9.24. The van der Waals surface area contributed by atoms with Crippen molar-refractivity contribution in [2.75, 3.05) is 13.1 Å². The predicted molar refractivity (Wildman–Crippen MR) is 72.9 cm³/mol. The van der Waals surface area contributed by atoms with Gasteiger partial charge in [-0.25, -0.2) is 4.98 Å². The molecule has 0 amide bonds. The van der Waals surface area contributed by atoms with Gasteiger partial charge >= 0.3 is 0 Å². The topological polar surface area (TPSA) is 65.0 Å². The second-order valence-corrected chi connectivity index (χ2v) is 6.01. The molecule has 1 aromatic rings. The lowest BCUT2D eigenvalue weighted by atomic mass is 9.88. The number of rotatable bonds is 2. The van der Waals surface area contributed by atoms with E-state index in [1.54, 1.807) is 0 Å². The highest BCUT2D eigenvalue weighted by Gasteiger charge is 2.32. The van der Waals surface area contributed by atoms with Gasteiger partial charge in [0.1, 0.15) is 5.82 Å². The van der Waals surface area contributed by atoms with Crippen molar-refractivity contribution >= 4 is 0 Å². The van der Waals surface area contributed by atoms with Crippen molar-refractivity contribution in [3.63, 3.8) is 0 Å². The fourth-order valence-corrected chi connectivity index (χ4v) is 3.55. The lowest BCUT2D eigenvalue weighted by Crippen LogP contribution is -2.48. The third kappa shape index (κ3) is 2.82. The van der Waals surface area contributed by atoms with Crippen LogP contribution in [0.2, 0.25) is 0 Å². The quantitative estimate of drug-likeness (QED) is 0.851. The lowest BCUT2D eigenvalue weighted by molar-refractivity contribution is 0.00836. The molecule has 1 saturated heterocycles. The molecule has 3 rings (SSSR count). The van der Waals surface area contributed by atoms with E-state index in [-0.39, 0.29) is 6.10 Å². The second kappa shape index (κ2) is 5.59. The van der Waals surface area contributed by atoms with Crippen molar-refractivity contribution in [1.29, 1.82) is 0 Å². The molecule has 1 saturated carbocycles. The van der Waals surface area contributed by atoms with Crippen molar-refractivity contribution in [1.82, 2.24) is 20.1 Å². The summed E-state index contributed by atoms with van der Waals surface area (Å²) in [4.78, 5) is 6.94. The Morgan fingerprint density at radius 2 is 1.89 bits per heavy atom. The van der Waals surface area contributed by atoms with Gasteiger partial charge in [0.15, 0.2) is 5.82 Å². The first kappa shape index (κ1) is 13.1. The van der Waals surface area contributed by atoms with E-state index in [1.807, 2.05) is 6.92 Å². The van der Waals surface area contributed by atoms with E-state index in [1.165, 1.54) is 12.8 Å². The molecule has 2 N–H and O–H groups in total. The number of aliphatic hydroxyl groups is 1. The number of H-pyrrole nitrogens is 1. The van der Waals surface area contributed by atoms with E-state index in [9.17, 15) is 5.11 Å². The van der Waals surface area contributed by atoms with E-state index in [0.29, 0.717) is 12.0 Å². The minimum Gasteiger partial charge on any atom is -0.391 e. The van der Waals surface area contributed by atoms with E-state index in [4.69, 9.17) is 0 Å². The molecule has 2 unspecified atom stereocenters. The molecule has 0 spiro atoms. The van der Waals surface area contributed by atoms with Crippen LogP contribution in [-0.4, -0.2) is 50.4 Å². The molecule has 1 aliphatic heterocycles. The van der Waals surface area contributed by atoms with Crippen LogP contribution in [-0.2, 0) is 0 Å². The number of aromatic amines is 1. The number of aryl methyl sites for hydroxylation is 1. The molecule has 2 atom stereocenters. The molecular formula is C14H24N4O. The van der Waals surface area contributed by atoms with Gasteiger partial charge in [-0.3, -0.25) is 10.00 Å². The lowest BCUT2D eigenvalue weighted by Gasteiger charge is -2.41. The molecule has 2 fully saturated rings. The summed E-state index contributed by atoms with van der Waals surface area (Å²) in [5.74, 6) is 2.36. The molecule has 1 aromatic heterocycles. The number of aromatic nitrogens is 3. The van der Waals surface area contributed by atoms with E-state index in [0.717, 1.165) is 50.4 Å². The largest absolute Gasteiger partial charge is 0.391 e. The van der Waals surface area contributed by atoms with E-state index in [2.05, 4.69) is 20.1 Å². The maximum atomic E-state index is 10.1. The highest BCUT2D eigenvalue weighted by Crippen LogP contribution is 2.30. The Balaban J connectivity index is 1.57. The van der Waals surface area contributed by atoms with Crippen LogP contribution < -0.4 is 0 Å². The van der Waals surface area contributed by atoms with Crippen LogP contribution in [0.5, 0.6) is 0 Å². The van der Waals surface area contributed by atoms with Gasteiger partial charge in [-0.05, 0) is 45.7 Å². The normalized spacial score (nSPS) is 30.6. The molecule has 19 heavy (non-hydrogen) atoms. The summed E-state index contributed by atoms with van der Waals surface area (Å²) in [6.07, 6.45) is 6.69. The Hall–Kier alpha value is -0.940. The zero-order valence-electron chi connectivity index (χ0n) is 11.7. The van der Waals surface area contributed by atoms with Crippen molar-refractivity contribution in [2.24, 2.45) is 0 Å². The average molecular weight is 264 g/mol. The van der Waals surface area contributed by atoms with E-state index < -0.39 is 0 Å². The van der Waals surface area contributed by atoms with Crippen molar-refractivity contribution in [2.45, 2.75) is 63.5 Å². The minimum atomic E-state index is -0.115. The number of likely N-dealkylation sites (tertiary alicyclic amines) is 1. The molecular weight excluding hydrogens is 240 g/mol. The number of nitrogens with zero attached hydrogens (tertiary/aromatic N) is 3. The van der Waals surface area contributed by atoms with Crippen LogP contribution in [0, 0.1) is 6.92 Å². The Kier molecular flexibility index (Phi) is 3.84. The predicted octanol–water partition coefficient (Wildman–Crippen LogP) is 1.60. The van der Waals surface area contributed by atoms with Crippen molar-refractivity contribution in [3.05, 3.63) is 11.6 Å². The number of aliphatic hydroxyl groups excluding tert-OH is 1. The molecule has 0 aromatic carbocycles. The number of nitrogens with one attached hydrogen (secondary N) is 1. The van der Waals surface area contributed by atoms with Crippen molar-refractivity contribution < 1.29 is 5.11 Å². The number of hydrogen-bond acceptors (Lipinski definition) is 4. The third-order valence-corrected chi connectivity index (χ3v) is 4.67. The molecule has 2 heterocycles. The van der Waals surface area contributed by atoms with Crippen LogP contribution in [0.4, 0.5) is 0 Å². The summed E-state index contributed by atoms with van der Waals surface area (Å²) < 4.78 is 0. The maximum Gasteiger partial charge on any atom is 0.153 e. The van der Waals surface area contributed by atoms with E-state index >= 15 is 0 Å². The van der Waals surface area contributed by atoms with Crippen molar-refractivity contribution in [3.8, 4) is 0 Å². The molecule has 5 nitrogen and oxygen atoms in total. The Morgan fingerprint density at radius 1 is 1.16 bits per heavy atom. The first-order valence-corrected chi connectivity index (χ1v) is 7.55. The summed E-state index contributed by atoms with van der Waals surface area (Å²) >= 11 is 0. The van der Waals surface area contributed by atoms with Crippen LogP contribution in [0.15, 0.2) is 0 Å². The average Bonchev–Trinajstić information content (AvgIpc) is 2.86. The van der Waals surface area contributed by atoms with Crippen LogP contribution in [0.3, 0.4) is 0 Å². The zero-order valence-corrected chi connectivity index (χ0v) is 11.7. The monoisotopic (exact) mass is 264 g/mol. The SMILES string of the molecule is Cc1nc(C2CCN(C3CCCCC3O)CC2)n[nH]1. The van der Waals surface area contributed by atoms with Crippen LogP contribution >= 0.6 is 0 Å². The smallest absolute Gasteiger partial charge is 0.153 e. The third-order valence-electron chi connectivity index (χ3n) is 4.67. The van der Waals surface area contributed by atoms with Gasteiger partial charge in [-0.1, -0.05) is 12.8 Å². The minimum absolute atomic E-state index is 0.115. The molecule has 0 bridgehead atoms. The summed E-state index contributed by atoms with van der Waals surface area (Å²) in [5, 5.41) is 17.4. The first-order valence-electron chi connectivity index (χ1n) is 7.55. The summed E-state index contributed by atoms with van der Waals surface area (Å²) in [5.41, 5.74) is 0. The second-order valence-electron chi connectivity index (χ2n) is 6.01. The van der Waals surface area contributed by atoms with Crippen LogP contribution in [0.25, 0.3) is 0 Å². The standard InChI is InChI=1S/C14H24N4O/c1-10-15-14(17-16-10)11-6-8-18(9-7-11)12-4-2-3-5-13(12)19/h11-13,19H,2-9H2,1H3,(H,15,16,17). The van der Waals surface area contributed by atoms with Gasteiger partial charge in [0, 0.05) is 12.0 Å². The van der Waals surface area contributed by atoms with Gasteiger partial charge in [-0.15, -0.1) is 0 Å². The molecule has 2 aliphatic rings. The highest BCUT2D eigenvalue weighted by molar-refractivity contribution is 5.00. The zero-order chi connectivity index (χ0) is 13.2. The Labute approximate surface area is 114 Å². The summed E-state index contributed by atoms with van der Waals surface area (Å²) in [6.45, 7) is 4.09. The van der Waals surface area contributed by atoms with Gasteiger partial charge in [-0.2, -0.15) is 5.10 Å². The summed E-state index contributed by atoms with van der Waals surface area (Å²) in [7, 11) is 0. The van der Waals surface area contributed by atoms with Gasteiger partial charge in [0.2, 0.25) is 0 Å². The Morgan fingerprint density at radius 3 is 2.53 bits per heavy atom. The number of hydrogen-bond donors (Lipinski definition) is 2. The Bertz CT molecular complexity index is 411. The highest BCUT2D eigenvalue weighted by atomic mass is 16.3. The molecule has 106 valence electrons.